The van der Waals surface area contributed by atoms with Gasteiger partial charge in [0.2, 0.25) is 0 Å². The van der Waals surface area contributed by atoms with E-state index in [0.717, 1.165) is 44.2 Å². The van der Waals surface area contributed by atoms with Crippen molar-refractivity contribution in [3.8, 4) is 5.75 Å². The molecule has 2 atom stereocenters. The van der Waals surface area contributed by atoms with Crippen LogP contribution in [0.4, 0.5) is 4.39 Å². The molecule has 1 heterocycles. The Hall–Kier alpha value is -2.44. The second kappa shape index (κ2) is 10.4. The van der Waals surface area contributed by atoms with Gasteiger partial charge in [0, 0.05) is 31.2 Å². The predicted molar refractivity (Wildman–Crippen MR) is 112 cm³/mol. The zero-order chi connectivity index (χ0) is 20.6. The van der Waals surface area contributed by atoms with Gasteiger partial charge in [-0.3, -0.25) is 15.6 Å². The van der Waals surface area contributed by atoms with E-state index in [4.69, 9.17) is 4.74 Å². The molecule has 1 aliphatic heterocycles. The molecule has 0 aliphatic carbocycles. The van der Waals surface area contributed by atoms with Crippen molar-refractivity contribution < 1.29 is 13.9 Å². The van der Waals surface area contributed by atoms with Crippen LogP contribution in [0.15, 0.2) is 48.5 Å². The largest absolute Gasteiger partial charge is 0.497 e. The maximum absolute atomic E-state index is 13.4. The minimum absolute atomic E-state index is 0.0171. The van der Waals surface area contributed by atoms with E-state index in [1.807, 2.05) is 31.3 Å². The molecule has 3 rings (SSSR count). The number of hydrogen-bond donors (Lipinski definition) is 2. The third-order valence-electron chi connectivity index (χ3n) is 5.44. The molecule has 2 unspecified atom stereocenters. The van der Waals surface area contributed by atoms with E-state index in [1.165, 1.54) is 6.07 Å². The molecule has 1 fully saturated rings. The van der Waals surface area contributed by atoms with Crippen molar-refractivity contribution in [3.63, 3.8) is 0 Å². The van der Waals surface area contributed by atoms with Crippen LogP contribution in [0.2, 0.25) is 0 Å². The van der Waals surface area contributed by atoms with Crippen molar-refractivity contribution >= 4 is 5.91 Å². The van der Waals surface area contributed by atoms with E-state index in [1.54, 1.807) is 30.2 Å². The van der Waals surface area contributed by atoms with Crippen LogP contribution < -0.4 is 15.6 Å². The lowest BCUT2D eigenvalue weighted by molar-refractivity contribution is 0.0792. The molecule has 1 aliphatic rings. The number of hydrazine groups is 1. The Morgan fingerprint density at radius 2 is 1.97 bits per heavy atom. The van der Waals surface area contributed by atoms with Gasteiger partial charge in [-0.2, -0.15) is 0 Å². The zero-order valence-corrected chi connectivity index (χ0v) is 17.2. The van der Waals surface area contributed by atoms with Crippen LogP contribution in [-0.4, -0.2) is 37.6 Å². The van der Waals surface area contributed by atoms with Gasteiger partial charge < -0.3 is 9.64 Å². The number of hydrogen-bond acceptors (Lipinski definition) is 4. The highest BCUT2D eigenvalue weighted by atomic mass is 19.1. The average Bonchev–Trinajstić information content (AvgIpc) is 3.22. The third-order valence-corrected chi connectivity index (χ3v) is 5.44. The first-order chi connectivity index (χ1) is 14.1. The standard InChI is InChI=1S/C23H30FN3O2/c1-27(23(28)18-9-7-12-21(15-18)29-2)13-5-3-4-11-20-16-22(26-25-20)17-8-6-10-19(24)14-17/h6-10,12,14-15,20,22,25-26H,3-5,11,13,16H2,1-2H3. The Kier molecular flexibility index (Phi) is 7.61. The summed E-state index contributed by atoms with van der Waals surface area (Å²) in [5.74, 6) is 0.516. The molecule has 1 amide bonds. The Morgan fingerprint density at radius 3 is 2.76 bits per heavy atom. The predicted octanol–water partition coefficient (Wildman–Crippen LogP) is 4.07. The van der Waals surface area contributed by atoms with Gasteiger partial charge in [-0.05, 0) is 55.2 Å². The summed E-state index contributed by atoms with van der Waals surface area (Å²) in [5.41, 5.74) is 8.23. The van der Waals surface area contributed by atoms with Crippen LogP contribution >= 0.6 is 0 Å². The summed E-state index contributed by atoms with van der Waals surface area (Å²) >= 11 is 0. The van der Waals surface area contributed by atoms with Crippen molar-refractivity contribution in [2.75, 3.05) is 20.7 Å². The first-order valence-electron chi connectivity index (χ1n) is 10.2. The Morgan fingerprint density at radius 1 is 1.14 bits per heavy atom. The Labute approximate surface area is 172 Å². The summed E-state index contributed by atoms with van der Waals surface area (Å²) in [5, 5.41) is 0. The first kappa shape index (κ1) is 21.3. The van der Waals surface area contributed by atoms with Gasteiger partial charge in [0.25, 0.3) is 5.91 Å². The molecule has 1 saturated heterocycles. The number of amides is 1. The minimum atomic E-state index is -0.194. The fraction of sp³-hybridized carbons (Fsp3) is 0.435. The van der Waals surface area contributed by atoms with E-state index in [-0.39, 0.29) is 17.8 Å². The van der Waals surface area contributed by atoms with Crippen molar-refractivity contribution in [1.29, 1.82) is 0 Å². The number of unbranched alkanes of at least 4 members (excludes halogenated alkanes) is 2. The van der Waals surface area contributed by atoms with Gasteiger partial charge in [0.15, 0.2) is 0 Å². The van der Waals surface area contributed by atoms with Gasteiger partial charge in [0.1, 0.15) is 11.6 Å². The molecule has 0 bridgehead atoms. The van der Waals surface area contributed by atoms with Gasteiger partial charge >= 0.3 is 0 Å². The molecular weight excluding hydrogens is 369 g/mol. The number of nitrogens with zero attached hydrogens (tertiary/aromatic N) is 1. The lowest BCUT2D eigenvalue weighted by Crippen LogP contribution is -2.30. The molecule has 0 saturated carbocycles. The van der Waals surface area contributed by atoms with Crippen molar-refractivity contribution in [1.82, 2.24) is 15.8 Å². The molecular formula is C23H30FN3O2. The highest BCUT2D eigenvalue weighted by Gasteiger charge is 2.24. The van der Waals surface area contributed by atoms with Gasteiger partial charge in [-0.1, -0.05) is 31.0 Å². The summed E-state index contributed by atoms with van der Waals surface area (Å²) < 4.78 is 18.6. The monoisotopic (exact) mass is 399 g/mol. The number of carbonyl (C=O) groups excluding carboxylic acids is 1. The van der Waals surface area contributed by atoms with E-state index in [0.29, 0.717) is 17.4 Å². The number of rotatable bonds is 9. The van der Waals surface area contributed by atoms with E-state index in [2.05, 4.69) is 10.9 Å². The second-order valence-corrected chi connectivity index (χ2v) is 7.64. The van der Waals surface area contributed by atoms with Crippen LogP contribution in [-0.2, 0) is 0 Å². The lowest BCUT2D eigenvalue weighted by atomic mass is 9.99. The summed E-state index contributed by atoms with van der Waals surface area (Å²) in [6.45, 7) is 0.734. The number of halogens is 1. The molecule has 2 aromatic rings. The third kappa shape index (κ3) is 6.02. The maximum atomic E-state index is 13.4. The molecule has 29 heavy (non-hydrogen) atoms. The van der Waals surface area contributed by atoms with Gasteiger partial charge in [-0.25, -0.2) is 4.39 Å². The van der Waals surface area contributed by atoms with E-state index >= 15 is 0 Å². The number of nitrogens with one attached hydrogen (secondary N) is 2. The number of benzene rings is 2. The van der Waals surface area contributed by atoms with Crippen molar-refractivity contribution in [2.45, 2.75) is 44.2 Å². The summed E-state index contributed by atoms with van der Waals surface area (Å²) in [6.07, 6.45) is 5.15. The number of ether oxygens (including phenoxy) is 1. The van der Waals surface area contributed by atoms with Crippen LogP contribution in [0.3, 0.4) is 0 Å². The van der Waals surface area contributed by atoms with Gasteiger partial charge in [0.05, 0.1) is 7.11 Å². The Balaban J connectivity index is 1.34. The summed E-state index contributed by atoms with van der Waals surface area (Å²) in [7, 11) is 3.44. The first-order valence-corrected chi connectivity index (χ1v) is 10.2. The van der Waals surface area contributed by atoms with Crippen molar-refractivity contribution in [3.05, 3.63) is 65.5 Å². The minimum Gasteiger partial charge on any atom is -0.497 e. The summed E-state index contributed by atoms with van der Waals surface area (Å²) in [6, 6.07) is 14.6. The fourth-order valence-corrected chi connectivity index (χ4v) is 3.75. The zero-order valence-electron chi connectivity index (χ0n) is 17.2. The molecule has 0 radical (unpaired) electrons. The average molecular weight is 400 g/mol. The fourth-order valence-electron chi connectivity index (χ4n) is 3.75. The van der Waals surface area contributed by atoms with E-state index in [9.17, 15) is 9.18 Å². The maximum Gasteiger partial charge on any atom is 0.253 e. The lowest BCUT2D eigenvalue weighted by Gasteiger charge is -2.17. The quantitative estimate of drug-likeness (QED) is 0.624. The van der Waals surface area contributed by atoms with Crippen LogP contribution in [0, 0.1) is 5.82 Å². The second-order valence-electron chi connectivity index (χ2n) is 7.64. The molecule has 5 nitrogen and oxygen atoms in total. The molecule has 0 spiro atoms. The molecule has 156 valence electrons. The number of methoxy groups -OCH3 is 1. The highest BCUT2D eigenvalue weighted by molar-refractivity contribution is 5.94. The van der Waals surface area contributed by atoms with E-state index < -0.39 is 0 Å². The molecule has 2 N–H and O–H groups in total. The Bertz CT molecular complexity index is 814. The van der Waals surface area contributed by atoms with Crippen molar-refractivity contribution in [2.24, 2.45) is 0 Å². The van der Waals surface area contributed by atoms with Gasteiger partial charge in [-0.15, -0.1) is 0 Å². The highest BCUT2D eigenvalue weighted by Crippen LogP contribution is 2.25. The topological polar surface area (TPSA) is 53.6 Å². The smallest absolute Gasteiger partial charge is 0.253 e. The molecule has 2 aromatic carbocycles. The van der Waals surface area contributed by atoms with Crippen LogP contribution in [0.1, 0.15) is 54.1 Å². The van der Waals surface area contributed by atoms with Crippen LogP contribution in [0.5, 0.6) is 5.75 Å². The SMILES string of the molecule is COc1cccc(C(=O)N(C)CCCCCC2CC(c3cccc(F)c3)NN2)c1. The number of carbonyl (C=O) groups is 1. The van der Waals surface area contributed by atoms with Crippen LogP contribution in [0.25, 0.3) is 0 Å². The molecule has 0 aromatic heterocycles. The summed E-state index contributed by atoms with van der Waals surface area (Å²) in [4.78, 5) is 14.3. The molecule has 6 heteroatoms. The normalized spacial score (nSPS) is 18.6.